The van der Waals surface area contributed by atoms with Crippen LogP contribution in [0.2, 0.25) is 0 Å². The van der Waals surface area contributed by atoms with Crippen molar-refractivity contribution in [2.24, 2.45) is 0 Å². The van der Waals surface area contributed by atoms with Gasteiger partial charge in [-0.25, -0.2) is 9.67 Å². The van der Waals surface area contributed by atoms with Gasteiger partial charge in [0.1, 0.15) is 0 Å². The molecule has 26 heavy (non-hydrogen) atoms. The smallest absolute Gasteiger partial charge is 0.280 e. The second-order valence-corrected chi connectivity index (χ2v) is 5.89. The summed E-state index contributed by atoms with van der Waals surface area (Å²) in [5, 5.41) is 6.35. The van der Waals surface area contributed by atoms with Gasteiger partial charge in [-0.3, -0.25) is 14.9 Å². The summed E-state index contributed by atoms with van der Waals surface area (Å²) in [6.07, 6.45) is 8.64. The Morgan fingerprint density at radius 2 is 2.08 bits per heavy atom. The molecule has 4 rings (SSSR count). The Hall–Kier alpha value is -3.45. The number of aromatic amines is 2. The molecule has 4 aromatic rings. The van der Waals surface area contributed by atoms with Crippen molar-refractivity contribution in [1.29, 1.82) is 0 Å². The zero-order valence-electron chi connectivity index (χ0n) is 14.0. The summed E-state index contributed by atoms with van der Waals surface area (Å²) in [6.45, 7) is 1.43. The Labute approximate surface area is 149 Å². The summed E-state index contributed by atoms with van der Waals surface area (Å²) in [4.78, 5) is 24.2. The molecular formula is C19H18N6O. The molecule has 0 aromatic carbocycles. The van der Waals surface area contributed by atoms with Crippen LogP contribution in [0.5, 0.6) is 0 Å². The molecule has 3 N–H and O–H groups in total. The standard InChI is InChI=1S/C19H18N6O/c26-19-17(15-3-1-6-20-11-15)13-24-25(19)18-9-14(5-8-23-18)10-21-12-16-4-2-7-22-16/h1-9,11,13,21-22,24H,10,12H2. The third kappa shape index (κ3) is 3.33. The molecule has 4 heterocycles. The van der Waals surface area contributed by atoms with E-state index in [4.69, 9.17) is 0 Å². The first-order valence-electron chi connectivity index (χ1n) is 8.30. The van der Waals surface area contributed by atoms with Gasteiger partial charge in [-0.2, -0.15) is 0 Å². The molecule has 0 amide bonds. The number of hydrogen-bond acceptors (Lipinski definition) is 4. The fourth-order valence-electron chi connectivity index (χ4n) is 2.78. The van der Waals surface area contributed by atoms with E-state index in [0.29, 0.717) is 17.9 Å². The molecule has 0 bridgehead atoms. The highest BCUT2D eigenvalue weighted by Crippen LogP contribution is 2.14. The minimum absolute atomic E-state index is 0.151. The number of nitrogens with zero attached hydrogens (tertiary/aromatic N) is 3. The highest BCUT2D eigenvalue weighted by molar-refractivity contribution is 5.60. The fraction of sp³-hybridized carbons (Fsp3) is 0.105. The van der Waals surface area contributed by atoms with E-state index in [9.17, 15) is 4.79 Å². The second kappa shape index (κ2) is 7.20. The van der Waals surface area contributed by atoms with Crippen molar-refractivity contribution in [1.82, 2.24) is 30.0 Å². The van der Waals surface area contributed by atoms with E-state index in [1.165, 1.54) is 4.68 Å². The third-order valence-corrected chi connectivity index (χ3v) is 4.09. The largest absolute Gasteiger partial charge is 0.364 e. The van der Waals surface area contributed by atoms with Crippen LogP contribution in [0.3, 0.4) is 0 Å². The minimum atomic E-state index is -0.151. The Morgan fingerprint density at radius 3 is 2.88 bits per heavy atom. The van der Waals surface area contributed by atoms with E-state index in [0.717, 1.165) is 23.4 Å². The lowest BCUT2D eigenvalue weighted by atomic mass is 10.2. The molecule has 7 nitrogen and oxygen atoms in total. The lowest BCUT2D eigenvalue weighted by molar-refractivity contribution is 0.680. The van der Waals surface area contributed by atoms with Crippen molar-refractivity contribution in [3.05, 3.63) is 89.0 Å². The van der Waals surface area contributed by atoms with Gasteiger partial charge in [-0.1, -0.05) is 6.07 Å². The fourth-order valence-corrected chi connectivity index (χ4v) is 2.78. The Bertz CT molecular complexity index is 1030. The van der Waals surface area contributed by atoms with Crippen molar-refractivity contribution < 1.29 is 0 Å². The molecule has 0 aliphatic heterocycles. The summed E-state index contributed by atoms with van der Waals surface area (Å²) in [5.74, 6) is 0.560. The topological polar surface area (TPSA) is 91.4 Å². The molecule has 130 valence electrons. The zero-order chi connectivity index (χ0) is 17.8. The highest BCUT2D eigenvalue weighted by atomic mass is 16.1. The van der Waals surface area contributed by atoms with Crippen LogP contribution in [0.4, 0.5) is 0 Å². The lowest BCUT2D eigenvalue weighted by Crippen LogP contribution is -2.18. The first-order valence-corrected chi connectivity index (χ1v) is 8.30. The Balaban J connectivity index is 1.53. The van der Waals surface area contributed by atoms with Crippen LogP contribution in [0.25, 0.3) is 16.9 Å². The van der Waals surface area contributed by atoms with Gasteiger partial charge in [0, 0.05) is 55.3 Å². The first kappa shape index (κ1) is 16.0. The summed E-state index contributed by atoms with van der Waals surface area (Å²) in [7, 11) is 0. The van der Waals surface area contributed by atoms with Gasteiger partial charge in [0.15, 0.2) is 5.82 Å². The zero-order valence-corrected chi connectivity index (χ0v) is 14.0. The van der Waals surface area contributed by atoms with Gasteiger partial charge in [-0.15, -0.1) is 0 Å². The molecular weight excluding hydrogens is 328 g/mol. The number of rotatable bonds is 6. The molecule has 0 unspecified atom stereocenters. The van der Waals surface area contributed by atoms with Crippen LogP contribution in [0.1, 0.15) is 11.3 Å². The van der Waals surface area contributed by atoms with Crippen LogP contribution < -0.4 is 10.9 Å². The van der Waals surface area contributed by atoms with Crippen LogP contribution in [0.15, 0.2) is 72.2 Å². The average Bonchev–Trinajstić information content (AvgIpc) is 3.32. The van der Waals surface area contributed by atoms with Crippen LogP contribution in [-0.4, -0.2) is 24.7 Å². The molecule has 0 atom stereocenters. The van der Waals surface area contributed by atoms with Crippen molar-refractivity contribution in [2.45, 2.75) is 13.1 Å². The maximum absolute atomic E-state index is 12.7. The van der Waals surface area contributed by atoms with Gasteiger partial charge in [0.2, 0.25) is 0 Å². The van der Waals surface area contributed by atoms with E-state index in [-0.39, 0.29) is 5.56 Å². The first-order chi connectivity index (χ1) is 12.8. The van der Waals surface area contributed by atoms with Gasteiger partial charge >= 0.3 is 0 Å². The number of pyridine rings is 2. The number of H-pyrrole nitrogens is 2. The van der Waals surface area contributed by atoms with Crippen molar-refractivity contribution in [3.63, 3.8) is 0 Å². The van der Waals surface area contributed by atoms with Crippen molar-refractivity contribution in [2.75, 3.05) is 0 Å². The number of aromatic nitrogens is 5. The predicted molar refractivity (Wildman–Crippen MR) is 98.8 cm³/mol. The maximum Gasteiger partial charge on any atom is 0.280 e. The monoisotopic (exact) mass is 346 g/mol. The van der Waals surface area contributed by atoms with Crippen LogP contribution in [-0.2, 0) is 13.1 Å². The average molecular weight is 346 g/mol. The molecule has 0 saturated heterocycles. The molecule has 0 aliphatic carbocycles. The van der Waals surface area contributed by atoms with Gasteiger partial charge < -0.3 is 10.3 Å². The van der Waals surface area contributed by atoms with E-state index >= 15 is 0 Å². The van der Waals surface area contributed by atoms with Crippen molar-refractivity contribution in [3.8, 4) is 16.9 Å². The van der Waals surface area contributed by atoms with E-state index in [1.807, 2.05) is 36.5 Å². The van der Waals surface area contributed by atoms with Crippen LogP contribution >= 0.6 is 0 Å². The lowest BCUT2D eigenvalue weighted by Gasteiger charge is -2.06. The highest BCUT2D eigenvalue weighted by Gasteiger charge is 2.11. The van der Waals surface area contributed by atoms with E-state index in [2.05, 4.69) is 25.4 Å². The summed E-state index contributed by atoms with van der Waals surface area (Å²) in [6, 6.07) is 11.5. The molecule has 4 aromatic heterocycles. The van der Waals surface area contributed by atoms with E-state index < -0.39 is 0 Å². The number of hydrogen-bond donors (Lipinski definition) is 3. The second-order valence-electron chi connectivity index (χ2n) is 5.89. The quantitative estimate of drug-likeness (QED) is 0.499. The van der Waals surface area contributed by atoms with Gasteiger partial charge in [0.25, 0.3) is 5.56 Å². The Kier molecular flexibility index (Phi) is 4.44. The van der Waals surface area contributed by atoms with Crippen LogP contribution in [0, 0.1) is 0 Å². The molecule has 0 radical (unpaired) electrons. The summed E-state index contributed by atoms with van der Waals surface area (Å²) >= 11 is 0. The summed E-state index contributed by atoms with van der Waals surface area (Å²) in [5.41, 5.74) is 3.36. The molecule has 0 aliphatic rings. The summed E-state index contributed by atoms with van der Waals surface area (Å²) < 4.78 is 1.44. The van der Waals surface area contributed by atoms with Crippen molar-refractivity contribution >= 4 is 0 Å². The molecule has 0 spiro atoms. The number of nitrogens with one attached hydrogen (secondary N) is 3. The third-order valence-electron chi connectivity index (χ3n) is 4.09. The minimum Gasteiger partial charge on any atom is -0.364 e. The predicted octanol–water partition coefficient (Wildman–Crippen LogP) is 2.24. The SMILES string of the molecule is O=c1c(-c2cccnc2)c[nH]n1-c1cc(CNCc2ccc[nH]2)ccn1. The Morgan fingerprint density at radius 1 is 1.12 bits per heavy atom. The van der Waals surface area contributed by atoms with Gasteiger partial charge in [-0.05, 0) is 35.9 Å². The molecule has 0 saturated carbocycles. The molecule has 7 heteroatoms. The normalized spacial score (nSPS) is 10.9. The maximum atomic E-state index is 12.7. The van der Waals surface area contributed by atoms with E-state index in [1.54, 1.807) is 30.9 Å². The molecule has 0 fully saturated rings. The van der Waals surface area contributed by atoms with Gasteiger partial charge in [0.05, 0.1) is 5.56 Å².